The summed E-state index contributed by atoms with van der Waals surface area (Å²) in [6, 6.07) is 0. The van der Waals surface area contributed by atoms with E-state index >= 15 is 0 Å². The van der Waals surface area contributed by atoms with Crippen LogP contribution in [0, 0.1) is 35.5 Å². The van der Waals surface area contributed by atoms with Crippen molar-refractivity contribution in [2.45, 2.75) is 68.2 Å². The summed E-state index contributed by atoms with van der Waals surface area (Å²) in [5.41, 5.74) is 0. The maximum atomic E-state index is 5.90. The van der Waals surface area contributed by atoms with Gasteiger partial charge in [0.05, 0.1) is 0 Å². The molecule has 0 aliphatic heterocycles. The highest BCUT2D eigenvalue weighted by molar-refractivity contribution is 4.68. The molecular formula is C18H38O. The fourth-order valence-electron chi connectivity index (χ4n) is 3.41. The quantitative estimate of drug-likeness (QED) is 0.467. The molecule has 19 heavy (non-hydrogen) atoms. The Morgan fingerprint density at radius 1 is 0.526 bits per heavy atom. The van der Waals surface area contributed by atoms with E-state index in [4.69, 9.17) is 4.74 Å². The van der Waals surface area contributed by atoms with Crippen molar-refractivity contribution in [3.8, 4) is 0 Å². The zero-order chi connectivity index (χ0) is 15.0. The predicted octanol–water partition coefficient (Wildman–Crippen LogP) is 5.64. The third-order valence-corrected chi connectivity index (χ3v) is 4.62. The van der Waals surface area contributed by atoms with Gasteiger partial charge in [-0.15, -0.1) is 0 Å². The molecule has 0 rings (SSSR count). The van der Waals surface area contributed by atoms with E-state index in [1.54, 1.807) is 0 Å². The molecule has 0 aromatic rings. The fraction of sp³-hybridized carbons (Fsp3) is 1.00. The van der Waals surface area contributed by atoms with Crippen molar-refractivity contribution in [2.75, 3.05) is 13.2 Å². The maximum absolute atomic E-state index is 5.90. The molecule has 1 nitrogen and oxygen atoms in total. The second-order valence-corrected chi connectivity index (χ2v) is 7.49. The Morgan fingerprint density at radius 2 is 0.789 bits per heavy atom. The van der Waals surface area contributed by atoms with Gasteiger partial charge in [0.25, 0.3) is 0 Å². The first-order valence-electron chi connectivity index (χ1n) is 8.35. The topological polar surface area (TPSA) is 9.23 Å². The van der Waals surface area contributed by atoms with E-state index in [0.717, 1.165) is 48.7 Å². The molecular weight excluding hydrogens is 232 g/mol. The van der Waals surface area contributed by atoms with Gasteiger partial charge >= 0.3 is 0 Å². The van der Waals surface area contributed by atoms with Crippen LogP contribution in [0.4, 0.5) is 0 Å². The van der Waals surface area contributed by atoms with Gasteiger partial charge in [0.2, 0.25) is 0 Å². The van der Waals surface area contributed by atoms with Gasteiger partial charge in [0, 0.05) is 13.2 Å². The van der Waals surface area contributed by atoms with Gasteiger partial charge in [-0.05, 0) is 48.3 Å². The average Bonchev–Trinajstić information content (AvgIpc) is 2.25. The first-order valence-corrected chi connectivity index (χ1v) is 8.35. The molecule has 0 amide bonds. The van der Waals surface area contributed by atoms with E-state index in [1.165, 1.54) is 12.8 Å². The average molecular weight is 271 g/mol. The van der Waals surface area contributed by atoms with Crippen molar-refractivity contribution in [1.29, 1.82) is 0 Å². The van der Waals surface area contributed by atoms with E-state index in [9.17, 15) is 0 Å². The third kappa shape index (κ3) is 7.97. The second kappa shape index (κ2) is 9.80. The maximum Gasteiger partial charge on any atom is 0.0468 e. The van der Waals surface area contributed by atoms with Crippen LogP contribution in [0.2, 0.25) is 0 Å². The molecule has 116 valence electrons. The molecule has 0 atom stereocenters. The van der Waals surface area contributed by atoms with Crippen molar-refractivity contribution in [2.24, 2.45) is 35.5 Å². The highest BCUT2D eigenvalue weighted by Crippen LogP contribution is 2.25. The smallest absolute Gasteiger partial charge is 0.0468 e. The Kier molecular flexibility index (Phi) is 9.78. The van der Waals surface area contributed by atoms with E-state index in [1.807, 2.05) is 0 Å². The van der Waals surface area contributed by atoms with E-state index < -0.39 is 0 Å². The minimum atomic E-state index is 0.766. The van der Waals surface area contributed by atoms with E-state index in [0.29, 0.717) is 0 Å². The number of rotatable bonds is 10. The van der Waals surface area contributed by atoms with Gasteiger partial charge in [-0.1, -0.05) is 55.4 Å². The summed E-state index contributed by atoms with van der Waals surface area (Å²) in [4.78, 5) is 0. The molecule has 0 N–H and O–H groups in total. The molecule has 0 bridgehead atoms. The van der Waals surface area contributed by atoms with Crippen molar-refractivity contribution >= 4 is 0 Å². The van der Waals surface area contributed by atoms with Gasteiger partial charge in [-0.2, -0.15) is 0 Å². The summed E-state index contributed by atoms with van der Waals surface area (Å²) in [6.45, 7) is 20.5. The zero-order valence-corrected chi connectivity index (χ0v) is 14.7. The van der Waals surface area contributed by atoms with Crippen LogP contribution in [0.15, 0.2) is 0 Å². The monoisotopic (exact) mass is 270 g/mol. The Labute approximate surface area is 122 Å². The first kappa shape index (κ1) is 19.0. The molecule has 0 aliphatic rings. The minimum Gasteiger partial charge on any atom is -0.381 e. The molecule has 1 heteroatoms. The fourth-order valence-corrected chi connectivity index (χ4v) is 3.41. The lowest BCUT2D eigenvalue weighted by molar-refractivity contribution is 0.0809. The van der Waals surface area contributed by atoms with Gasteiger partial charge in [-0.25, -0.2) is 0 Å². The summed E-state index contributed by atoms with van der Waals surface area (Å²) < 4.78 is 5.90. The molecule has 0 saturated heterocycles. The van der Waals surface area contributed by atoms with Crippen molar-refractivity contribution in [1.82, 2.24) is 0 Å². The highest BCUT2D eigenvalue weighted by Gasteiger charge is 2.18. The van der Waals surface area contributed by atoms with Crippen molar-refractivity contribution in [3.05, 3.63) is 0 Å². The Morgan fingerprint density at radius 3 is 1.00 bits per heavy atom. The standard InChI is InChI=1S/C18H38O/c1-13(2)17(14(3)4)9-11-19-12-10-18(15(5)6)16(7)8/h13-18H,9-12H2,1-8H3. The molecule has 0 radical (unpaired) electrons. The number of hydrogen-bond donors (Lipinski definition) is 0. The van der Waals surface area contributed by atoms with Crippen LogP contribution in [0.5, 0.6) is 0 Å². The van der Waals surface area contributed by atoms with Crippen LogP contribution in [-0.4, -0.2) is 13.2 Å². The Balaban J connectivity index is 3.85. The van der Waals surface area contributed by atoms with Gasteiger partial charge < -0.3 is 4.74 Å². The molecule has 0 spiro atoms. The largest absolute Gasteiger partial charge is 0.381 e. The summed E-state index contributed by atoms with van der Waals surface area (Å²) >= 11 is 0. The van der Waals surface area contributed by atoms with Gasteiger partial charge in [0.1, 0.15) is 0 Å². The third-order valence-electron chi connectivity index (χ3n) is 4.62. The SMILES string of the molecule is CC(C)C(CCOCCC(C(C)C)C(C)C)C(C)C. The number of hydrogen-bond acceptors (Lipinski definition) is 1. The normalized spacial score (nSPS) is 12.9. The summed E-state index contributed by atoms with van der Waals surface area (Å²) in [7, 11) is 0. The summed E-state index contributed by atoms with van der Waals surface area (Å²) in [6.07, 6.45) is 2.42. The molecule has 0 aliphatic carbocycles. The van der Waals surface area contributed by atoms with Crippen LogP contribution in [0.25, 0.3) is 0 Å². The lowest BCUT2D eigenvalue weighted by atomic mass is 9.83. The summed E-state index contributed by atoms with van der Waals surface area (Å²) in [5, 5.41) is 0. The number of ether oxygens (including phenoxy) is 1. The van der Waals surface area contributed by atoms with Crippen LogP contribution >= 0.6 is 0 Å². The van der Waals surface area contributed by atoms with Crippen LogP contribution in [0.3, 0.4) is 0 Å². The second-order valence-electron chi connectivity index (χ2n) is 7.49. The van der Waals surface area contributed by atoms with Crippen LogP contribution in [0.1, 0.15) is 68.2 Å². The first-order chi connectivity index (χ1) is 8.77. The molecule has 0 saturated carbocycles. The highest BCUT2D eigenvalue weighted by atomic mass is 16.5. The lowest BCUT2D eigenvalue weighted by Crippen LogP contribution is -2.20. The van der Waals surface area contributed by atoms with E-state index in [-0.39, 0.29) is 0 Å². The van der Waals surface area contributed by atoms with Gasteiger partial charge in [0.15, 0.2) is 0 Å². The summed E-state index contributed by atoms with van der Waals surface area (Å²) in [5.74, 6) is 4.66. The molecule has 0 aromatic carbocycles. The van der Waals surface area contributed by atoms with E-state index in [2.05, 4.69) is 55.4 Å². The van der Waals surface area contributed by atoms with Crippen molar-refractivity contribution < 1.29 is 4.74 Å². The van der Waals surface area contributed by atoms with Gasteiger partial charge in [-0.3, -0.25) is 0 Å². The predicted molar refractivity (Wildman–Crippen MR) is 86.4 cm³/mol. The molecule has 0 unspecified atom stereocenters. The van der Waals surface area contributed by atoms with Crippen molar-refractivity contribution in [3.63, 3.8) is 0 Å². The minimum absolute atomic E-state index is 0.766. The molecule has 0 fully saturated rings. The Bertz CT molecular complexity index is 168. The Hall–Kier alpha value is -0.0400. The van der Waals surface area contributed by atoms with Crippen LogP contribution in [-0.2, 0) is 4.74 Å². The lowest BCUT2D eigenvalue weighted by Gasteiger charge is -2.26. The molecule has 0 heterocycles. The molecule has 0 aromatic heterocycles. The zero-order valence-electron chi connectivity index (χ0n) is 14.7. The van der Waals surface area contributed by atoms with Crippen LogP contribution < -0.4 is 0 Å².